The van der Waals surface area contributed by atoms with Gasteiger partial charge in [0.25, 0.3) is 0 Å². The van der Waals surface area contributed by atoms with Gasteiger partial charge in [0, 0.05) is 24.1 Å². The first kappa shape index (κ1) is 12.7. The lowest BCUT2D eigenvalue weighted by Crippen LogP contribution is -2.29. The van der Waals surface area contributed by atoms with Crippen LogP contribution in [0.5, 0.6) is 0 Å². The number of nitrogens with zero attached hydrogens (tertiary/aromatic N) is 1. The Hall–Kier alpha value is -0.380. The molecule has 0 amide bonds. The summed E-state index contributed by atoms with van der Waals surface area (Å²) in [5, 5.41) is 0. The monoisotopic (exact) mass is 270 g/mol. The number of likely N-dealkylation sites (N-methyl/N-ethyl adjacent to an activating group) is 1. The summed E-state index contributed by atoms with van der Waals surface area (Å²) in [4.78, 5) is 2.36. The van der Waals surface area contributed by atoms with Crippen molar-refractivity contribution in [2.75, 3.05) is 19.6 Å². The van der Waals surface area contributed by atoms with Gasteiger partial charge in [-0.2, -0.15) is 0 Å². The van der Waals surface area contributed by atoms with Crippen molar-refractivity contribution >= 4 is 15.9 Å². The summed E-state index contributed by atoms with van der Waals surface area (Å²) in [6.45, 7) is 8.03. The summed E-state index contributed by atoms with van der Waals surface area (Å²) in [7, 11) is 0. The minimum Gasteiger partial charge on any atom is -0.329 e. The second kappa shape index (κ2) is 6.26. The molecule has 0 aromatic heterocycles. The van der Waals surface area contributed by atoms with E-state index in [9.17, 15) is 0 Å². The minimum absolute atomic E-state index is 0.723. The number of rotatable bonds is 5. The normalized spacial score (nSPS) is 11.0. The van der Waals surface area contributed by atoms with Gasteiger partial charge in [-0.05, 0) is 30.7 Å². The van der Waals surface area contributed by atoms with Crippen LogP contribution in [0.3, 0.4) is 0 Å². The molecule has 0 saturated heterocycles. The molecular weight excluding hydrogens is 252 g/mol. The number of benzene rings is 1. The van der Waals surface area contributed by atoms with E-state index in [2.05, 4.69) is 52.9 Å². The van der Waals surface area contributed by atoms with Gasteiger partial charge in [0.2, 0.25) is 0 Å². The molecule has 3 heteroatoms. The van der Waals surface area contributed by atoms with Crippen LogP contribution in [-0.4, -0.2) is 24.5 Å². The Morgan fingerprint density at radius 2 is 2.13 bits per heavy atom. The highest BCUT2D eigenvalue weighted by molar-refractivity contribution is 9.10. The zero-order chi connectivity index (χ0) is 11.3. The third-order valence-corrected chi connectivity index (χ3v) is 3.53. The third kappa shape index (κ3) is 3.59. The average Bonchev–Trinajstić information content (AvgIpc) is 2.24. The summed E-state index contributed by atoms with van der Waals surface area (Å²) < 4.78 is 1.18. The van der Waals surface area contributed by atoms with E-state index in [0.717, 1.165) is 26.2 Å². The summed E-state index contributed by atoms with van der Waals surface area (Å²) in [6.07, 6.45) is 0. The van der Waals surface area contributed by atoms with Gasteiger partial charge in [0.1, 0.15) is 0 Å². The molecule has 1 aromatic carbocycles. The Kier molecular flexibility index (Phi) is 5.29. The van der Waals surface area contributed by atoms with Crippen LogP contribution < -0.4 is 5.73 Å². The van der Waals surface area contributed by atoms with Gasteiger partial charge in [-0.25, -0.2) is 0 Å². The lowest BCUT2D eigenvalue weighted by atomic mass is 10.1. The fraction of sp³-hybridized carbons (Fsp3) is 0.500. The van der Waals surface area contributed by atoms with E-state index in [1.54, 1.807) is 0 Å². The summed E-state index contributed by atoms with van der Waals surface area (Å²) in [6, 6.07) is 6.35. The summed E-state index contributed by atoms with van der Waals surface area (Å²) in [5.74, 6) is 0. The highest BCUT2D eigenvalue weighted by Crippen LogP contribution is 2.20. The van der Waals surface area contributed by atoms with Crippen LogP contribution in [-0.2, 0) is 6.54 Å². The van der Waals surface area contributed by atoms with Gasteiger partial charge in [0.15, 0.2) is 0 Å². The molecular formula is C12H19BrN2. The number of hydrogen-bond acceptors (Lipinski definition) is 2. The molecule has 0 aliphatic rings. The van der Waals surface area contributed by atoms with Gasteiger partial charge in [-0.3, -0.25) is 4.90 Å². The van der Waals surface area contributed by atoms with Gasteiger partial charge in [0.05, 0.1) is 0 Å². The molecule has 15 heavy (non-hydrogen) atoms. The van der Waals surface area contributed by atoms with Crippen molar-refractivity contribution in [3.05, 3.63) is 33.8 Å². The van der Waals surface area contributed by atoms with E-state index in [4.69, 9.17) is 5.73 Å². The van der Waals surface area contributed by atoms with Gasteiger partial charge in [-0.15, -0.1) is 0 Å². The first-order valence-corrected chi connectivity index (χ1v) is 6.14. The van der Waals surface area contributed by atoms with Crippen LogP contribution in [0, 0.1) is 6.92 Å². The molecule has 0 bridgehead atoms. The molecule has 0 unspecified atom stereocenters. The maximum atomic E-state index is 5.58. The van der Waals surface area contributed by atoms with Gasteiger partial charge < -0.3 is 5.73 Å². The van der Waals surface area contributed by atoms with Gasteiger partial charge in [-0.1, -0.05) is 35.0 Å². The second-order valence-corrected chi connectivity index (χ2v) is 4.54. The van der Waals surface area contributed by atoms with E-state index >= 15 is 0 Å². The maximum absolute atomic E-state index is 5.58. The predicted octanol–water partition coefficient (Wildman–Crippen LogP) is 2.54. The smallest absolute Gasteiger partial charge is 0.0237 e. The van der Waals surface area contributed by atoms with Crippen LogP contribution in [0.15, 0.2) is 22.7 Å². The molecule has 1 rings (SSSR count). The third-order valence-electron chi connectivity index (χ3n) is 2.67. The highest BCUT2D eigenvalue weighted by Gasteiger charge is 2.06. The molecule has 0 radical (unpaired) electrons. The largest absolute Gasteiger partial charge is 0.329 e. The summed E-state index contributed by atoms with van der Waals surface area (Å²) >= 11 is 3.55. The number of nitrogens with two attached hydrogens (primary N) is 1. The molecule has 1 aromatic rings. The van der Waals surface area contributed by atoms with Gasteiger partial charge >= 0.3 is 0 Å². The van der Waals surface area contributed by atoms with Crippen molar-refractivity contribution < 1.29 is 0 Å². The Bertz CT molecular complexity index is 312. The topological polar surface area (TPSA) is 29.3 Å². The lowest BCUT2D eigenvalue weighted by Gasteiger charge is -2.20. The van der Waals surface area contributed by atoms with E-state index in [0.29, 0.717) is 0 Å². The van der Waals surface area contributed by atoms with E-state index in [-0.39, 0.29) is 0 Å². The fourth-order valence-electron chi connectivity index (χ4n) is 1.60. The molecule has 2 nitrogen and oxygen atoms in total. The number of halogens is 1. The van der Waals surface area contributed by atoms with E-state index in [1.165, 1.54) is 15.6 Å². The van der Waals surface area contributed by atoms with Crippen molar-refractivity contribution in [1.29, 1.82) is 0 Å². The SMILES string of the molecule is CCN(CCN)Cc1cccc(Br)c1C. The quantitative estimate of drug-likeness (QED) is 0.891. The van der Waals surface area contributed by atoms with Crippen LogP contribution in [0.1, 0.15) is 18.1 Å². The highest BCUT2D eigenvalue weighted by atomic mass is 79.9. The van der Waals surface area contributed by atoms with E-state index in [1.807, 2.05) is 0 Å². The van der Waals surface area contributed by atoms with Crippen molar-refractivity contribution in [1.82, 2.24) is 4.90 Å². The molecule has 0 aliphatic heterocycles. The molecule has 0 heterocycles. The summed E-state index contributed by atoms with van der Waals surface area (Å²) in [5.41, 5.74) is 8.28. The molecule has 0 saturated carbocycles. The Morgan fingerprint density at radius 3 is 2.73 bits per heavy atom. The molecule has 0 atom stereocenters. The lowest BCUT2D eigenvalue weighted by molar-refractivity contribution is 0.287. The Balaban J connectivity index is 2.74. The van der Waals surface area contributed by atoms with Crippen molar-refractivity contribution in [3.63, 3.8) is 0 Å². The maximum Gasteiger partial charge on any atom is 0.0237 e. The fourth-order valence-corrected chi connectivity index (χ4v) is 2.00. The molecule has 2 N–H and O–H groups in total. The zero-order valence-electron chi connectivity index (χ0n) is 9.46. The molecule has 0 spiro atoms. The van der Waals surface area contributed by atoms with Crippen molar-refractivity contribution in [3.8, 4) is 0 Å². The van der Waals surface area contributed by atoms with Crippen molar-refractivity contribution in [2.24, 2.45) is 5.73 Å². The zero-order valence-corrected chi connectivity index (χ0v) is 11.0. The second-order valence-electron chi connectivity index (χ2n) is 3.68. The standard InChI is InChI=1S/C12H19BrN2/c1-3-15(8-7-14)9-11-5-4-6-12(13)10(11)2/h4-6H,3,7-9,14H2,1-2H3. The Morgan fingerprint density at radius 1 is 1.40 bits per heavy atom. The van der Waals surface area contributed by atoms with Crippen molar-refractivity contribution in [2.45, 2.75) is 20.4 Å². The first-order chi connectivity index (χ1) is 7.19. The molecule has 0 fully saturated rings. The molecule has 0 aliphatic carbocycles. The average molecular weight is 271 g/mol. The van der Waals surface area contributed by atoms with E-state index < -0.39 is 0 Å². The van der Waals surface area contributed by atoms with Crippen LogP contribution in [0.2, 0.25) is 0 Å². The Labute approximate surface area is 101 Å². The van der Waals surface area contributed by atoms with Crippen LogP contribution in [0.25, 0.3) is 0 Å². The van der Waals surface area contributed by atoms with Crippen LogP contribution >= 0.6 is 15.9 Å². The molecule has 84 valence electrons. The first-order valence-electron chi connectivity index (χ1n) is 5.35. The van der Waals surface area contributed by atoms with Crippen LogP contribution in [0.4, 0.5) is 0 Å². The number of hydrogen-bond donors (Lipinski definition) is 1. The predicted molar refractivity (Wildman–Crippen MR) is 68.9 cm³/mol. The minimum atomic E-state index is 0.723.